The van der Waals surface area contributed by atoms with Crippen LogP contribution >= 0.6 is 0 Å². The molecule has 0 aromatic rings. The van der Waals surface area contributed by atoms with Gasteiger partial charge >= 0.3 is 54.1 Å². The van der Waals surface area contributed by atoms with E-state index in [2.05, 4.69) is 20.8 Å². The average molecular weight is 329 g/mol. The zero-order valence-electron chi connectivity index (χ0n) is 10.3. The Morgan fingerprint density at radius 3 is 1.00 bits per heavy atom. The monoisotopic (exact) mass is 328 g/mol. The van der Waals surface area contributed by atoms with Crippen molar-refractivity contribution >= 4 is 32.1 Å². The van der Waals surface area contributed by atoms with Gasteiger partial charge in [0.15, 0.2) is 0 Å². The van der Waals surface area contributed by atoms with Gasteiger partial charge in [-0.2, -0.15) is 0 Å². The Balaban J connectivity index is -0.000000155. The molecule has 0 aliphatic carbocycles. The predicted molar refractivity (Wildman–Crippen MR) is 63.8 cm³/mol. The molecular formula is C10H23O4Sb. The van der Waals surface area contributed by atoms with Crippen molar-refractivity contribution in [2.24, 2.45) is 0 Å². The Kier molecular flexibility index (Phi) is 21.8. The predicted octanol–water partition coefficient (Wildman–Crippen LogP) is 2.72. The molecule has 0 unspecified atom stereocenters. The molecule has 5 heteroatoms. The first-order chi connectivity index (χ1) is 6.81. The molecule has 0 radical (unpaired) electrons. The van der Waals surface area contributed by atoms with Crippen molar-refractivity contribution in [2.75, 3.05) is 0 Å². The first-order valence-corrected chi connectivity index (χ1v) is 10.3. The second-order valence-corrected chi connectivity index (χ2v) is 11.9. The number of carboxylic acid groups (broad SMARTS) is 2. The summed E-state index contributed by atoms with van der Waals surface area (Å²) >= 11 is -0.542. The van der Waals surface area contributed by atoms with Gasteiger partial charge in [0.1, 0.15) is 0 Å². The molecule has 0 aromatic carbocycles. The normalized spacial score (nSPS) is 8.13. The van der Waals surface area contributed by atoms with Gasteiger partial charge in [-0.05, 0) is 0 Å². The summed E-state index contributed by atoms with van der Waals surface area (Å²) in [4.78, 5) is 18.0. The minimum atomic E-state index is -0.833. The van der Waals surface area contributed by atoms with Crippen LogP contribution in [0.5, 0.6) is 0 Å². The quantitative estimate of drug-likeness (QED) is 0.781. The maximum atomic E-state index is 9.00. The summed E-state index contributed by atoms with van der Waals surface area (Å²) < 4.78 is 4.61. The van der Waals surface area contributed by atoms with E-state index >= 15 is 0 Å². The third-order valence-corrected chi connectivity index (χ3v) is 9.00. The van der Waals surface area contributed by atoms with E-state index in [0.717, 1.165) is 13.8 Å². The molecule has 0 amide bonds. The van der Waals surface area contributed by atoms with E-state index in [-0.39, 0.29) is 0 Å². The van der Waals surface area contributed by atoms with Crippen LogP contribution in [-0.4, -0.2) is 42.4 Å². The Bertz CT molecular complexity index is 130. The zero-order valence-corrected chi connectivity index (χ0v) is 12.8. The standard InChI is InChI=1S/2C2H4O2.3C2H5.Sb/c2*1-2(3)4;3*1-2;/h2*1H3,(H,3,4);3*1H2,2H3;. The van der Waals surface area contributed by atoms with Crippen molar-refractivity contribution in [2.45, 2.75) is 47.7 Å². The van der Waals surface area contributed by atoms with Crippen molar-refractivity contribution < 1.29 is 19.8 Å². The average Bonchev–Trinajstić information content (AvgIpc) is 2.05. The molecule has 0 aliphatic rings. The van der Waals surface area contributed by atoms with E-state index < -0.39 is 32.1 Å². The van der Waals surface area contributed by atoms with Crippen LogP contribution in [0.1, 0.15) is 34.6 Å². The summed E-state index contributed by atoms with van der Waals surface area (Å²) in [5.74, 6) is -1.67. The molecule has 0 aromatic heterocycles. The fourth-order valence-electron chi connectivity index (χ4n) is 0.671. The van der Waals surface area contributed by atoms with Crippen LogP contribution in [0.15, 0.2) is 0 Å². The summed E-state index contributed by atoms with van der Waals surface area (Å²) in [7, 11) is 0. The van der Waals surface area contributed by atoms with Crippen molar-refractivity contribution in [3.63, 3.8) is 0 Å². The number of hydrogen-bond acceptors (Lipinski definition) is 2. The Morgan fingerprint density at radius 1 is 0.867 bits per heavy atom. The summed E-state index contributed by atoms with van der Waals surface area (Å²) in [5.41, 5.74) is 0. The van der Waals surface area contributed by atoms with Gasteiger partial charge in [-0.1, -0.05) is 0 Å². The van der Waals surface area contributed by atoms with Crippen LogP contribution in [0, 0.1) is 0 Å². The third-order valence-electron chi connectivity index (χ3n) is 1.34. The molecule has 2 N–H and O–H groups in total. The molecule has 0 fully saturated rings. The summed E-state index contributed by atoms with van der Waals surface area (Å²) in [6, 6.07) is 0. The number of aliphatic carboxylic acids is 2. The van der Waals surface area contributed by atoms with Gasteiger partial charge in [-0.3, -0.25) is 9.59 Å². The van der Waals surface area contributed by atoms with Crippen LogP contribution < -0.4 is 0 Å². The van der Waals surface area contributed by atoms with Gasteiger partial charge in [0, 0.05) is 13.8 Å². The van der Waals surface area contributed by atoms with Crippen molar-refractivity contribution in [1.29, 1.82) is 0 Å². The van der Waals surface area contributed by atoms with Gasteiger partial charge < -0.3 is 10.2 Å². The van der Waals surface area contributed by atoms with Crippen LogP contribution in [0.25, 0.3) is 0 Å². The van der Waals surface area contributed by atoms with Crippen molar-refractivity contribution in [1.82, 2.24) is 0 Å². The van der Waals surface area contributed by atoms with E-state index in [1.807, 2.05) is 0 Å². The maximum absolute atomic E-state index is 9.00. The molecule has 0 aliphatic heterocycles. The Labute approximate surface area is 99.6 Å². The molecule has 0 spiro atoms. The molecule has 0 rings (SSSR count). The van der Waals surface area contributed by atoms with Gasteiger partial charge in [-0.25, -0.2) is 0 Å². The number of hydrogen-bond donors (Lipinski definition) is 2. The zero-order chi connectivity index (χ0) is 12.9. The first kappa shape index (κ1) is 20.2. The van der Waals surface area contributed by atoms with E-state index in [0.29, 0.717) is 0 Å². The summed E-state index contributed by atoms with van der Waals surface area (Å²) in [6.45, 7) is 9.20. The fourth-order valence-corrected chi connectivity index (χ4v) is 4.50. The van der Waals surface area contributed by atoms with E-state index in [1.54, 1.807) is 0 Å². The Morgan fingerprint density at radius 2 is 1.00 bits per heavy atom. The SMILES string of the molecule is CC(=O)O.CC(=O)O.C[CH2][Sb]([CH2]C)[CH2]C. The van der Waals surface area contributed by atoms with Crippen LogP contribution in [0.2, 0.25) is 13.1 Å². The molecule has 4 nitrogen and oxygen atoms in total. The molecule has 0 saturated carbocycles. The summed E-state index contributed by atoms with van der Waals surface area (Å²) in [6.07, 6.45) is 0. The van der Waals surface area contributed by atoms with Gasteiger partial charge in [0.2, 0.25) is 0 Å². The topological polar surface area (TPSA) is 74.6 Å². The van der Waals surface area contributed by atoms with E-state index in [4.69, 9.17) is 19.8 Å². The van der Waals surface area contributed by atoms with E-state index in [1.165, 1.54) is 13.1 Å². The van der Waals surface area contributed by atoms with Crippen LogP contribution in [0.4, 0.5) is 0 Å². The summed E-state index contributed by atoms with van der Waals surface area (Å²) in [5, 5.41) is 14.8. The van der Waals surface area contributed by atoms with E-state index in [9.17, 15) is 0 Å². The van der Waals surface area contributed by atoms with Gasteiger partial charge in [-0.15, -0.1) is 0 Å². The molecule has 0 bridgehead atoms. The Hall–Kier alpha value is -0.242. The molecule has 0 saturated heterocycles. The minimum absolute atomic E-state index is 0.542. The molecular weight excluding hydrogens is 306 g/mol. The van der Waals surface area contributed by atoms with Crippen molar-refractivity contribution in [3.8, 4) is 0 Å². The number of carbonyl (C=O) groups is 2. The van der Waals surface area contributed by atoms with Gasteiger partial charge in [0.05, 0.1) is 0 Å². The second kappa shape index (κ2) is 16.2. The van der Waals surface area contributed by atoms with Crippen LogP contribution in [-0.2, 0) is 9.59 Å². The van der Waals surface area contributed by atoms with Gasteiger partial charge in [0.25, 0.3) is 11.9 Å². The number of rotatable bonds is 3. The fraction of sp³-hybridized carbons (Fsp3) is 0.800. The number of carboxylic acids is 2. The molecule has 92 valence electrons. The molecule has 0 atom stereocenters. The molecule has 15 heavy (non-hydrogen) atoms. The first-order valence-electron chi connectivity index (χ1n) is 4.93. The third kappa shape index (κ3) is 57.4. The molecule has 0 heterocycles. The van der Waals surface area contributed by atoms with Crippen molar-refractivity contribution in [3.05, 3.63) is 0 Å². The van der Waals surface area contributed by atoms with Crippen LogP contribution in [0.3, 0.4) is 0 Å². The second-order valence-electron chi connectivity index (χ2n) is 2.66.